The molecule has 134 valence electrons. The summed E-state index contributed by atoms with van der Waals surface area (Å²) in [5.74, 6) is 1.25. The standard InChI is InChI=1S/C20H25FN2O2/c1-3-25-19-14-16(6-9-18(19)24-2)20(23-12-10-22-11-13-23)15-4-7-17(21)8-5-15/h4-9,14,20,22H,3,10-13H2,1-2H3. The van der Waals surface area contributed by atoms with Crippen LogP contribution in [0.1, 0.15) is 24.1 Å². The molecule has 0 amide bonds. The molecule has 2 aromatic carbocycles. The minimum absolute atomic E-state index is 0.0628. The minimum Gasteiger partial charge on any atom is -0.493 e. The first kappa shape index (κ1) is 17.7. The van der Waals surface area contributed by atoms with Crippen LogP contribution in [0.2, 0.25) is 0 Å². The van der Waals surface area contributed by atoms with Crippen molar-refractivity contribution in [3.63, 3.8) is 0 Å². The highest BCUT2D eigenvalue weighted by Gasteiger charge is 2.25. The highest BCUT2D eigenvalue weighted by atomic mass is 19.1. The van der Waals surface area contributed by atoms with Gasteiger partial charge in [0.05, 0.1) is 19.8 Å². The summed E-state index contributed by atoms with van der Waals surface area (Å²) in [6.07, 6.45) is 0. The Kier molecular flexibility index (Phi) is 5.89. The summed E-state index contributed by atoms with van der Waals surface area (Å²) in [4.78, 5) is 2.42. The molecule has 1 atom stereocenters. The zero-order valence-electron chi connectivity index (χ0n) is 14.8. The average Bonchev–Trinajstić information content (AvgIpc) is 2.65. The van der Waals surface area contributed by atoms with E-state index in [-0.39, 0.29) is 11.9 Å². The Balaban J connectivity index is 2.01. The zero-order valence-corrected chi connectivity index (χ0v) is 14.8. The third-order valence-electron chi connectivity index (χ3n) is 4.51. The minimum atomic E-state index is -0.215. The second-order valence-corrected chi connectivity index (χ2v) is 6.08. The van der Waals surface area contributed by atoms with Crippen LogP contribution in [0.15, 0.2) is 42.5 Å². The number of benzene rings is 2. The summed E-state index contributed by atoms with van der Waals surface area (Å²) in [5.41, 5.74) is 2.20. The van der Waals surface area contributed by atoms with Crippen LogP contribution < -0.4 is 14.8 Å². The van der Waals surface area contributed by atoms with Crippen LogP contribution in [0.3, 0.4) is 0 Å². The predicted octanol–water partition coefficient (Wildman–Crippen LogP) is 3.23. The summed E-state index contributed by atoms with van der Waals surface area (Å²) in [6, 6.07) is 12.9. The Labute approximate surface area is 148 Å². The molecule has 1 saturated heterocycles. The van der Waals surface area contributed by atoms with E-state index in [0.29, 0.717) is 6.61 Å². The van der Waals surface area contributed by atoms with Gasteiger partial charge in [0.1, 0.15) is 5.82 Å². The van der Waals surface area contributed by atoms with Crippen molar-refractivity contribution in [1.82, 2.24) is 10.2 Å². The van der Waals surface area contributed by atoms with Crippen molar-refractivity contribution in [3.8, 4) is 11.5 Å². The van der Waals surface area contributed by atoms with Crippen molar-refractivity contribution < 1.29 is 13.9 Å². The van der Waals surface area contributed by atoms with Gasteiger partial charge in [-0.2, -0.15) is 0 Å². The van der Waals surface area contributed by atoms with Gasteiger partial charge >= 0.3 is 0 Å². The Morgan fingerprint density at radius 3 is 2.36 bits per heavy atom. The molecule has 3 rings (SSSR count). The Morgan fingerprint density at radius 2 is 1.72 bits per heavy atom. The molecule has 2 aromatic rings. The van der Waals surface area contributed by atoms with Gasteiger partial charge in [0.15, 0.2) is 11.5 Å². The van der Waals surface area contributed by atoms with Gasteiger partial charge in [-0.25, -0.2) is 4.39 Å². The molecule has 1 heterocycles. The Morgan fingerprint density at radius 1 is 1.04 bits per heavy atom. The van der Waals surface area contributed by atoms with Gasteiger partial charge in [-0.1, -0.05) is 18.2 Å². The van der Waals surface area contributed by atoms with E-state index in [1.807, 2.05) is 31.2 Å². The first-order valence-electron chi connectivity index (χ1n) is 8.74. The smallest absolute Gasteiger partial charge is 0.161 e. The van der Waals surface area contributed by atoms with Crippen LogP contribution in [0.25, 0.3) is 0 Å². The van der Waals surface area contributed by atoms with Crippen LogP contribution in [-0.4, -0.2) is 44.8 Å². The van der Waals surface area contributed by atoms with Crippen molar-refractivity contribution in [2.45, 2.75) is 13.0 Å². The van der Waals surface area contributed by atoms with Gasteiger partial charge in [-0.05, 0) is 42.3 Å². The SMILES string of the molecule is CCOc1cc(C(c2ccc(F)cc2)N2CCNCC2)ccc1OC. The summed E-state index contributed by atoms with van der Waals surface area (Å²) < 4.78 is 24.5. The molecule has 0 aliphatic carbocycles. The molecule has 0 saturated carbocycles. The molecule has 0 aromatic heterocycles. The van der Waals surface area contributed by atoms with E-state index >= 15 is 0 Å². The highest BCUT2D eigenvalue weighted by Crippen LogP contribution is 2.35. The Hall–Kier alpha value is -2.11. The predicted molar refractivity (Wildman–Crippen MR) is 96.8 cm³/mol. The average molecular weight is 344 g/mol. The van der Waals surface area contributed by atoms with Gasteiger partial charge < -0.3 is 14.8 Å². The Bertz CT molecular complexity index is 685. The van der Waals surface area contributed by atoms with Gasteiger partial charge in [0.25, 0.3) is 0 Å². The lowest BCUT2D eigenvalue weighted by Gasteiger charge is -2.35. The fourth-order valence-corrected chi connectivity index (χ4v) is 3.33. The molecule has 1 fully saturated rings. The van der Waals surface area contributed by atoms with Crippen molar-refractivity contribution in [3.05, 3.63) is 59.4 Å². The van der Waals surface area contributed by atoms with Crippen molar-refractivity contribution in [1.29, 1.82) is 0 Å². The summed E-state index contributed by atoms with van der Waals surface area (Å²) in [7, 11) is 1.64. The molecular weight excluding hydrogens is 319 g/mol. The van der Waals surface area contributed by atoms with Crippen molar-refractivity contribution >= 4 is 0 Å². The van der Waals surface area contributed by atoms with Crippen LogP contribution >= 0.6 is 0 Å². The van der Waals surface area contributed by atoms with E-state index in [2.05, 4.69) is 16.3 Å². The molecule has 1 aliphatic heterocycles. The summed E-state index contributed by atoms with van der Waals surface area (Å²) in [6.45, 7) is 6.32. The number of hydrogen-bond acceptors (Lipinski definition) is 4. The van der Waals surface area contributed by atoms with Crippen molar-refractivity contribution in [2.75, 3.05) is 39.9 Å². The van der Waals surface area contributed by atoms with Gasteiger partial charge in [-0.3, -0.25) is 4.90 Å². The number of nitrogens with zero attached hydrogens (tertiary/aromatic N) is 1. The number of methoxy groups -OCH3 is 1. The highest BCUT2D eigenvalue weighted by molar-refractivity contribution is 5.46. The van der Waals surface area contributed by atoms with Crippen LogP contribution in [0.4, 0.5) is 4.39 Å². The van der Waals surface area contributed by atoms with Gasteiger partial charge in [-0.15, -0.1) is 0 Å². The molecule has 1 unspecified atom stereocenters. The molecule has 0 spiro atoms. The lowest BCUT2D eigenvalue weighted by molar-refractivity contribution is 0.198. The van der Waals surface area contributed by atoms with Gasteiger partial charge in [0, 0.05) is 26.2 Å². The normalized spacial score (nSPS) is 16.4. The number of halogens is 1. The molecular formula is C20H25FN2O2. The summed E-state index contributed by atoms with van der Waals surface area (Å²) in [5, 5.41) is 3.39. The number of hydrogen-bond donors (Lipinski definition) is 1. The van der Waals surface area contributed by atoms with Crippen molar-refractivity contribution in [2.24, 2.45) is 0 Å². The van der Waals surface area contributed by atoms with Gasteiger partial charge in [0.2, 0.25) is 0 Å². The van der Waals surface area contributed by atoms with Crippen LogP contribution in [0, 0.1) is 5.82 Å². The molecule has 1 aliphatic rings. The molecule has 5 heteroatoms. The van der Waals surface area contributed by atoms with E-state index in [0.717, 1.165) is 48.8 Å². The second-order valence-electron chi connectivity index (χ2n) is 6.08. The third kappa shape index (κ3) is 4.11. The molecule has 4 nitrogen and oxygen atoms in total. The number of piperazine rings is 1. The topological polar surface area (TPSA) is 33.7 Å². The van der Waals surface area contributed by atoms with Crippen LogP contribution in [0.5, 0.6) is 11.5 Å². The number of ether oxygens (including phenoxy) is 2. The first-order valence-corrected chi connectivity index (χ1v) is 8.74. The number of rotatable bonds is 6. The molecule has 0 radical (unpaired) electrons. The second kappa shape index (κ2) is 8.32. The lowest BCUT2D eigenvalue weighted by Crippen LogP contribution is -2.45. The van der Waals surface area contributed by atoms with E-state index < -0.39 is 0 Å². The fourth-order valence-electron chi connectivity index (χ4n) is 3.33. The maximum atomic E-state index is 13.4. The number of nitrogens with one attached hydrogen (secondary N) is 1. The maximum Gasteiger partial charge on any atom is 0.161 e. The monoisotopic (exact) mass is 344 g/mol. The zero-order chi connectivity index (χ0) is 17.6. The fraction of sp³-hybridized carbons (Fsp3) is 0.400. The van der Waals surface area contributed by atoms with E-state index in [1.54, 1.807) is 7.11 Å². The van der Waals surface area contributed by atoms with E-state index in [4.69, 9.17) is 9.47 Å². The molecule has 0 bridgehead atoms. The first-order chi connectivity index (χ1) is 12.2. The summed E-state index contributed by atoms with van der Waals surface area (Å²) >= 11 is 0. The maximum absolute atomic E-state index is 13.4. The largest absolute Gasteiger partial charge is 0.493 e. The van der Waals surface area contributed by atoms with E-state index in [1.165, 1.54) is 12.1 Å². The quantitative estimate of drug-likeness (QED) is 0.872. The third-order valence-corrected chi connectivity index (χ3v) is 4.51. The molecule has 25 heavy (non-hydrogen) atoms. The van der Waals surface area contributed by atoms with Crippen LogP contribution in [-0.2, 0) is 0 Å². The van der Waals surface area contributed by atoms with E-state index in [9.17, 15) is 4.39 Å². The lowest BCUT2D eigenvalue weighted by atomic mass is 9.96. The molecule has 1 N–H and O–H groups in total.